The van der Waals surface area contributed by atoms with E-state index in [0.717, 1.165) is 6.42 Å². The zero-order valence-electron chi connectivity index (χ0n) is 12.7. The molecular weight excluding hydrogens is 266 g/mol. The van der Waals surface area contributed by atoms with Crippen LogP contribution in [0.4, 0.5) is 5.69 Å². The number of carbonyl (C=O) groups is 1. The number of aromatic nitrogens is 2. The summed E-state index contributed by atoms with van der Waals surface area (Å²) in [6.07, 6.45) is 4.36. The maximum Gasteiger partial charge on any atom is 0.259 e. The summed E-state index contributed by atoms with van der Waals surface area (Å²) in [6, 6.07) is 7.51. The van der Waals surface area contributed by atoms with Crippen LogP contribution in [0, 0.1) is 0 Å². The van der Waals surface area contributed by atoms with E-state index in [-0.39, 0.29) is 11.9 Å². The number of carbonyl (C=O) groups excluding carboxylic acids is 1. The van der Waals surface area contributed by atoms with Crippen molar-refractivity contribution in [2.45, 2.75) is 33.2 Å². The van der Waals surface area contributed by atoms with Gasteiger partial charge in [-0.2, -0.15) is 5.10 Å². The van der Waals surface area contributed by atoms with Crippen LogP contribution < -0.4 is 10.1 Å². The van der Waals surface area contributed by atoms with E-state index in [1.54, 1.807) is 16.9 Å². The summed E-state index contributed by atoms with van der Waals surface area (Å²) in [5, 5.41) is 7.05. The van der Waals surface area contributed by atoms with Crippen molar-refractivity contribution in [1.29, 1.82) is 0 Å². The molecular formula is C16H21N3O2. The quantitative estimate of drug-likeness (QED) is 0.884. The van der Waals surface area contributed by atoms with E-state index in [4.69, 9.17) is 4.74 Å². The maximum atomic E-state index is 12.3. The Balaban J connectivity index is 2.12. The second-order valence-corrected chi connectivity index (χ2v) is 5.10. The summed E-state index contributed by atoms with van der Waals surface area (Å²) >= 11 is 0. The van der Waals surface area contributed by atoms with Gasteiger partial charge in [0, 0.05) is 12.2 Å². The molecule has 0 atom stereocenters. The summed E-state index contributed by atoms with van der Waals surface area (Å²) in [4.78, 5) is 12.3. The summed E-state index contributed by atoms with van der Waals surface area (Å²) in [6.45, 7) is 6.69. The fraction of sp³-hybridized carbons (Fsp3) is 0.375. The summed E-state index contributed by atoms with van der Waals surface area (Å²) < 4.78 is 7.41. The van der Waals surface area contributed by atoms with Crippen LogP contribution in [-0.4, -0.2) is 22.3 Å². The monoisotopic (exact) mass is 287 g/mol. The highest BCUT2D eigenvalue weighted by Gasteiger charge is 2.13. The minimum atomic E-state index is -0.190. The number of hydrogen-bond acceptors (Lipinski definition) is 3. The van der Waals surface area contributed by atoms with Crippen LogP contribution in [-0.2, 0) is 0 Å². The van der Waals surface area contributed by atoms with Gasteiger partial charge >= 0.3 is 0 Å². The molecule has 0 fully saturated rings. The van der Waals surface area contributed by atoms with Gasteiger partial charge in [0.15, 0.2) is 0 Å². The van der Waals surface area contributed by atoms with Crippen molar-refractivity contribution in [3.05, 3.63) is 42.2 Å². The number of ether oxygens (including phenoxy) is 1. The molecule has 1 N–H and O–H groups in total. The fourth-order valence-electron chi connectivity index (χ4n) is 1.88. The molecule has 0 aliphatic carbocycles. The van der Waals surface area contributed by atoms with Crippen molar-refractivity contribution in [3.8, 4) is 5.75 Å². The average Bonchev–Trinajstić information content (AvgIpc) is 2.94. The minimum absolute atomic E-state index is 0.190. The van der Waals surface area contributed by atoms with E-state index in [0.29, 0.717) is 23.6 Å². The summed E-state index contributed by atoms with van der Waals surface area (Å²) in [5.41, 5.74) is 1.21. The van der Waals surface area contributed by atoms with Gasteiger partial charge in [-0.3, -0.25) is 9.48 Å². The molecule has 2 aromatic rings. The predicted octanol–water partition coefficient (Wildman–Crippen LogP) is 3.51. The molecule has 0 saturated carbocycles. The minimum Gasteiger partial charge on any atom is -0.493 e. The number of rotatable bonds is 6. The maximum absolute atomic E-state index is 12.3. The number of para-hydroxylation sites is 1. The Labute approximate surface area is 124 Å². The lowest BCUT2D eigenvalue weighted by molar-refractivity contribution is 0.102. The van der Waals surface area contributed by atoms with Gasteiger partial charge in [-0.05, 0) is 32.4 Å². The number of hydrogen-bond donors (Lipinski definition) is 1. The predicted molar refractivity (Wildman–Crippen MR) is 82.8 cm³/mol. The van der Waals surface area contributed by atoms with E-state index in [2.05, 4.69) is 10.4 Å². The smallest absolute Gasteiger partial charge is 0.259 e. The standard InChI is InChI=1S/C16H21N3O2/c1-4-9-21-15-8-6-5-7-14(15)16(20)18-13-10-17-19(11-13)12(2)3/h5-8,10-12H,4,9H2,1-3H3,(H,18,20). The Kier molecular flexibility index (Phi) is 4.98. The Hall–Kier alpha value is -2.30. The molecule has 1 amide bonds. The van der Waals surface area contributed by atoms with Crippen LogP contribution in [0.5, 0.6) is 5.75 Å². The molecule has 5 heteroatoms. The second kappa shape index (κ2) is 6.92. The molecule has 21 heavy (non-hydrogen) atoms. The van der Waals surface area contributed by atoms with Crippen LogP contribution in [0.3, 0.4) is 0 Å². The lowest BCUT2D eigenvalue weighted by Crippen LogP contribution is -2.13. The molecule has 1 heterocycles. The molecule has 0 unspecified atom stereocenters. The normalized spacial score (nSPS) is 10.7. The van der Waals surface area contributed by atoms with Crippen molar-refractivity contribution in [3.63, 3.8) is 0 Å². The third-order valence-corrected chi connectivity index (χ3v) is 2.98. The van der Waals surface area contributed by atoms with E-state index in [1.165, 1.54) is 0 Å². The van der Waals surface area contributed by atoms with Gasteiger partial charge in [0.2, 0.25) is 0 Å². The highest BCUT2D eigenvalue weighted by Crippen LogP contribution is 2.20. The van der Waals surface area contributed by atoms with Gasteiger partial charge in [0.05, 0.1) is 24.1 Å². The lowest BCUT2D eigenvalue weighted by Gasteiger charge is -2.10. The molecule has 0 radical (unpaired) electrons. The van der Waals surface area contributed by atoms with Crippen molar-refractivity contribution in [2.24, 2.45) is 0 Å². The Bertz CT molecular complexity index is 605. The number of benzene rings is 1. The molecule has 0 saturated heterocycles. The third kappa shape index (κ3) is 3.84. The van der Waals surface area contributed by atoms with Crippen LogP contribution >= 0.6 is 0 Å². The molecule has 112 valence electrons. The first kappa shape index (κ1) is 15.1. The molecule has 5 nitrogen and oxygen atoms in total. The lowest BCUT2D eigenvalue weighted by atomic mass is 10.2. The number of amides is 1. The van der Waals surface area contributed by atoms with E-state index >= 15 is 0 Å². The van der Waals surface area contributed by atoms with Crippen LogP contribution in [0.2, 0.25) is 0 Å². The molecule has 0 bridgehead atoms. The zero-order chi connectivity index (χ0) is 15.2. The number of nitrogens with zero attached hydrogens (tertiary/aromatic N) is 2. The highest BCUT2D eigenvalue weighted by atomic mass is 16.5. The Morgan fingerprint density at radius 2 is 2.14 bits per heavy atom. The first-order valence-electron chi connectivity index (χ1n) is 7.19. The molecule has 0 aliphatic heterocycles. The average molecular weight is 287 g/mol. The van der Waals surface area contributed by atoms with Gasteiger partial charge in [0.1, 0.15) is 5.75 Å². The fourth-order valence-corrected chi connectivity index (χ4v) is 1.88. The highest BCUT2D eigenvalue weighted by molar-refractivity contribution is 6.06. The van der Waals surface area contributed by atoms with Crippen LogP contribution in [0.1, 0.15) is 43.6 Å². The summed E-state index contributed by atoms with van der Waals surface area (Å²) in [5.74, 6) is 0.415. The third-order valence-electron chi connectivity index (χ3n) is 2.98. The topological polar surface area (TPSA) is 56.1 Å². The van der Waals surface area contributed by atoms with E-state index < -0.39 is 0 Å². The molecule has 2 rings (SSSR count). The SMILES string of the molecule is CCCOc1ccccc1C(=O)Nc1cnn(C(C)C)c1. The van der Waals surface area contributed by atoms with Gasteiger partial charge in [-0.25, -0.2) is 0 Å². The molecule has 0 spiro atoms. The van der Waals surface area contributed by atoms with Crippen LogP contribution in [0.25, 0.3) is 0 Å². The van der Waals surface area contributed by atoms with Crippen molar-refractivity contribution < 1.29 is 9.53 Å². The molecule has 1 aromatic heterocycles. The summed E-state index contributed by atoms with van der Waals surface area (Å²) in [7, 11) is 0. The van der Waals surface area contributed by atoms with Gasteiger partial charge in [-0.1, -0.05) is 19.1 Å². The molecule has 0 aliphatic rings. The molecule has 1 aromatic carbocycles. The van der Waals surface area contributed by atoms with Gasteiger partial charge < -0.3 is 10.1 Å². The van der Waals surface area contributed by atoms with Crippen molar-refractivity contribution in [1.82, 2.24) is 9.78 Å². The second-order valence-electron chi connectivity index (χ2n) is 5.10. The van der Waals surface area contributed by atoms with Crippen molar-refractivity contribution in [2.75, 3.05) is 11.9 Å². The van der Waals surface area contributed by atoms with E-state index in [9.17, 15) is 4.79 Å². The Morgan fingerprint density at radius 3 is 2.81 bits per heavy atom. The van der Waals surface area contributed by atoms with Gasteiger partial charge in [-0.15, -0.1) is 0 Å². The number of nitrogens with one attached hydrogen (secondary N) is 1. The number of anilines is 1. The zero-order valence-corrected chi connectivity index (χ0v) is 12.7. The Morgan fingerprint density at radius 1 is 1.38 bits per heavy atom. The van der Waals surface area contributed by atoms with Crippen LogP contribution in [0.15, 0.2) is 36.7 Å². The van der Waals surface area contributed by atoms with Gasteiger partial charge in [0.25, 0.3) is 5.91 Å². The first-order valence-corrected chi connectivity index (χ1v) is 7.19. The van der Waals surface area contributed by atoms with Crippen molar-refractivity contribution >= 4 is 11.6 Å². The van der Waals surface area contributed by atoms with E-state index in [1.807, 2.05) is 45.2 Å². The first-order chi connectivity index (χ1) is 10.1. The largest absolute Gasteiger partial charge is 0.493 e.